The van der Waals surface area contributed by atoms with Gasteiger partial charge in [-0.3, -0.25) is 9.48 Å². The standard InChI is InChI=1S/C18H24N4OS/c23-18(20-10-12-24-16-6-2-1-3-7-16)14-22-11-8-17(21-22)15-5-4-9-19-13-15/h1-3,6-8,11,15,19H,4-5,9-10,12-14H2,(H,20,23)/t15-/m0/s1. The smallest absolute Gasteiger partial charge is 0.241 e. The molecule has 1 aliphatic heterocycles. The maximum Gasteiger partial charge on any atom is 0.241 e. The van der Waals surface area contributed by atoms with Crippen molar-refractivity contribution < 1.29 is 4.79 Å². The summed E-state index contributed by atoms with van der Waals surface area (Å²) in [7, 11) is 0. The minimum atomic E-state index is 0.0140. The van der Waals surface area contributed by atoms with Crippen molar-refractivity contribution in [1.82, 2.24) is 20.4 Å². The van der Waals surface area contributed by atoms with Crippen molar-refractivity contribution in [3.63, 3.8) is 0 Å². The number of thioether (sulfide) groups is 1. The highest BCUT2D eigenvalue weighted by atomic mass is 32.2. The molecule has 1 saturated heterocycles. The van der Waals surface area contributed by atoms with Crippen LogP contribution in [-0.4, -0.2) is 41.1 Å². The van der Waals surface area contributed by atoms with Gasteiger partial charge >= 0.3 is 0 Å². The summed E-state index contributed by atoms with van der Waals surface area (Å²) < 4.78 is 1.74. The average molecular weight is 344 g/mol. The summed E-state index contributed by atoms with van der Waals surface area (Å²) in [5, 5.41) is 10.9. The van der Waals surface area contributed by atoms with E-state index in [1.165, 1.54) is 17.7 Å². The van der Waals surface area contributed by atoms with Crippen molar-refractivity contribution in [2.45, 2.75) is 30.2 Å². The summed E-state index contributed by atoms with van der Waals surface area (Å²) >= 11 is 1.75. The lowest BCUT2D eigenvalue weighted by atomic mass is 9.97. The third kappa shape index (κ3) is 5.11. The van der Waals surface area contributed by atoms with E-state index < -0.39 is 0 Å². The monoisotopic (exact) mass is 344 g/mol. The van der Waals surface area contributed by atoms with E-state index in [0.29, 0.717) is 12.5 Å². The molecule has 2 aromatic rings. The molecular formula is C18H24N4OS. The number of amides is 1. The van der Waals surface area contributed by atoms with Gasteiger partial charge < -0.3 is 10.6 Å². The van der Waals surface area contributed by atoms with Crippen LogP contribution in [0.25, 0.3) is 0 Å². The average Bonchev–Trinajstić information content (AvgIpc) is 3.09. The largest absolute Gasteiger partial charge is 0.354 e. The third-order valence-corrected chi connectivity index (χ3v) is 5.13. The summed E-state index contributed by atoms with van der Waals surface area (Å²) in [6.45, 7) is 3.04. The molecule has 3 rings (SSSR count). The molecule has 128 valence electrons. The van der Waals surface area contributed by atoms with Gasteiger partial charge in [0.05, 0.1) is 5.69 Å². The van der Waals surface area contributed by atoms with Crippen LogP contribution in [0.1, 0.15) is 24.5 Å². The molecule has 6 heteroatoms. The molecule has 5 nitrogen and oxygen atoms in total. The van der Waals surface area contributed by atoms with Crippen LogP contribution in [0.15, 0.2) is 47.5 Å². The number of nitrogens with zero attached hydrogens (tertiary/aromatic N) is 2. The second kappa shape index (κ2) is 8.89. The molecule has 0 aliphatic carbocycles. The molecular weight excluding hydrogens is 320 g/mol. The van der Waals surface area contributed by atoms with Crippen LogP contribution >= 0.6 is 11.8 Å². The Morgan fingerprint density at radius 3 is 3.00 bits per heavy atom. The van der Waals surface area contributed by atoms with Gasteiger partial charge in [0.25, 0.3) is 0 Å². The van der Waals surface area contributed by atoms with Gasteiger partial charge in [0, 0.05) is 35.9 Å². The van der Waals surface area contributed by atoms with E-state index in [1.807, 2.05) is 30.5 Å². The second-order valence-corrected chi connectivity index (χ2v) is 7.16. The summed E-state index contributed by atoms with van der Waals surface area (Å²) in [6, 6.07) is 12.3. The Kier molecular flexibility index (Phi) is 6.32. The highest BCUT2D eigenvalue weighted by Gasteiger charge is 2.17. The zero-order valence-corrected chi connectivity index (χ0v) is 14.6. The molecule has 1 aromatic heterocycles. The maximum absolute atomic E-state index is 12.0. The van der Waals surface area contributed by atoms with Crippen LogP contribution in [0.2, 0.25) is 0 Å². The molecule has 0 saturated carbocycles. The van der Waals surface area contributed by atoms with Gasteiger partial charge in [0.1, 0.15) is 6.54 Å². The highest BCUT2D eigenvalue weighted by Crippen LogP contribution is 2.21. The number of aromatic nitrogens is 2. The molecule has 2 heterocycles. The molecule has 1 fully saturated rings. The van der Waals surface area contributed by atoms with Gasteiger partial charge in [-0.05, 0) is 37.6 Å². The van der Waals surface area contributed by atoms with E-state index in [2.05, 4.69) is 27.9 Å². The predicted molar refractivity (Wildman–Crippen MR) is 97.2 cm³/mol. The second-order valence-electron chi connectivity index (χ2n) is 5.99. The molecule has 1 amide bonds. The molecule has 0 unspecified atom stereocenters. The van der Waals surface area contributed by atoms with E-state index in [4.69, 9.17) is 0 Å². The molecule has 1 aromatic carbocycles. The number of piperidine rings is 1. The number of carbonyl (C=O) groups is 1. The van der Waals surface area contributed by atoms with E-state index in [9.17, 15) is 4.79 Å². The molecule has 1 atom stereocenters. The topological polar surface area (TPSA) is 59.0 Å². The van der Waals surface area contributed by atoms with Crippen LogP contribution < -0.4 is 10.6 Å². The van der Waals surface area contributed by atoms with Crippen molar-refractivity contribution >= 4 is 17.7 Å². The maximum atomic E-state index is 12.0. The van der Waals surface area contributed by atoms with Crippen molar-refractivity contribution in [2.24, 2.45) is 0 Å². The Bertz CT molecular complexity index is 637. The van der Waals surface area contributed by atoms with Crippen molar-refractivity contribution in [2.75, 3.05) is 25.4 Å². The Morgan fingerprint density at radius 2 is 2.21 bits per heavy atom. The predicted octanol–water partition coefficient (Wildman–Crippen LogP) is 2.26. The Morgan fingerprint density at radius 1 is 1.33 bits per heavy atom. The Labute approximate surface area is 147 Å². The first-order valence-corrected chi connectivity index (χ1v) is 9.48. The zero-order chi connectivity index (χ0) is 16.6. The first kappa shape index (κ1) is 17.0. The number of benzene rings is 1. The first-order valence-electron chi connectivity index (χ1n) is 8.50. The van der Waals surface area contributed by atoms with Gasteiger partial charge in [-0.2, -0.15) is 5.10 Å². The van der Waals surface area contributed by atoms with Crippen LogP contribution in [-0.2, 0) is 11.3 Å². The van der Waals surface area contributed by atoms with Gasteiger partial charge in [-0.15, -0.1) is 11.8 Å². The fourth-order valence-electron chi connectivity index (χ4n) is 2.87. The van der Waals surface area contributed by atoms with E-state index >= 15 is 0 Å². The van der Waals surface area contributed by atoms with Gasteiger partial charge in [0.2, 0.25) is 5.91 Å². The third-order valence-electron chi connectivity index (χ3n) is 4.12. The van der Waals surface area contributed by atoms with E-state index in [0.717, 1.165) is 24.5 Å². The van der Waals surface area contributed by atoms with E-state index in [-0.39, 0.29) is 12.5 Å². The van der Waals surface area contributed by atoms with Gasteiger partial charge in [-0.1, -0.05) is 18.2 Å². The Hall–Kier alpha value is -1.79. The normalized spacial score (nSPS) is 17.6. The SMILES string of the molecule is O=C(Cn1ccc([C@H]2CCCNC2)n1)NCCSc1ccccc1. The highest BCUT2D eigenvalue weighted by molar-refractivity contribution is 7.99. The lowest BCUT2D eigenvalue weighted by Gasteiger charge is -2.20. The van der Waals surface area contributed by atoms with Crippen LogP contribution in [0.3, 0.4) is 0 Å². The van der Waals surface area contributed by atoms with Crippen molar-refractivity contribution in [3.05, 3.63) is 48.3 Å². The minimum Gasteiger partial charge on any atom is -0.354 e. The molecule has 0 bridgehead atoms. The summed E-state index contributed by atoms with van der Waals surface area (Å²) in [6.07, 6.45) is 4.27. The van der Waals surface area contributed by atoms with Crippen molar-refractivity contribution in [3.8, 4) is 0 Å². The number of rotatable bonds is 7. The van der Waals surface area contributed by atoms with Crippen molar-refractivity contribution in [1.29, 1.82) is 0 Å². The van der Waals surface area contributed by atoms with E-state index in [1.54, 1.807) is 16.4 Å². The minimum absolute atomic E-state index is 0.0140. The van der Waals surface area contributed by atoms with Crippen LogP contribution in [0.5, 0.6) is 0 Å². The molecule has 0 spiro atoms. The summed E-state index contributed by atoms with van der Waals surface area (Å²) in [4.78, 5) is 13.2. The summed E-state index contributed by atoms with van der Waals surface area (Å²) in [5.41, 5.74) is 1.09. The number of nitrogens with one attached hydrogen (secondary N) is 2. The summed E-state index contributed by atoms with van der Waals surface area (Å²) in [5.74, 6) is 1.36. The van der Waals surface area contributed by atoms with Crippen LogP contribution in [0, 0.1) is 0 Å². The zero-order valence-electron chi connectivity index (χ0n) is 13.8. The Balaban J connectivity index is 1.38. The number of carbonyl (C=O) groups excluding carboxylic acids is 1. The quantitative estimate of drug-likeness (QED) is 0.597. The molecule has 1 aliphatic rings. The van der Waals surface area contributed by atoms with Gasteiger partial charge in [0.15, 0.2) is 0 Å². The number of hydrogen-bond donors (Lipinski definition) is 2. The lowest BCUT2D eigenvalue weighted by molar-refractivity contribution is -0.121. The molecule has 0 radical (unpaired) electrons. The van der Waals surface area contributed by atoms with Crippen LogP contribution in [0.4, 0.5) is 0 Å². The lowest BCUT2D eigenvalue weighted by Crippen LogP contribution is -2.30. The molecule has 2 N–H and O–H groups in total. The van der Waals surface area contributed by atoms with Gasteiger partial charge in [-0.25, -0.2) is 0 Å². The first-order chi connectivity index (χ1) is 11.8. The number of hydrogen-bond acceptors (Lipinski definition) is 4. The fraction of sp³-hybridized carbons (Fsp3) is 0.444. The molecule has 24 heavy (non-hydrogen) atoms. The fourth-order valence-corrected chi connectivity index (χ4v) is 3.66.